The monoisotopic (exact) mass is 274 g/mol. The summed E-state index contributed by atoms with van der Waals surface area (Å²) in [6.07, 6.45) is 7.85. The lowest BCUT2D eigenvalue weighted by atomic mass is 9.86. The molecule has 0 amide bonds. The lowest BCUT2D eigenvalue weighted by molar-refractivity contribution is 0.161. The number of hydrogen-bond donors (Lipinski definition) is 1. The molecule has 0 aromatic heterocycles. The van der Waals surface area contributed by atoms with Crippen LogP contribution in [0.2, 0.25) is 0 Å². The Balaban J connectivity index is 1.70. The van der Waals surface area contributed by atoms with Gasteiger partial charge in [-0.15, -0.1) is 0 Å². The van der Waals surface area contributed by atoms with E-state index in [1.807, 2.05) is 6.07 Å². The van der Waals surface area contributed by atoms with Crippen LogP contribution >= 0.6 is 0 Å². The Morgan fingerprint density at radius 3 is 2.70 bits per heavy atom. The van der Waals surface area contributed by atoms with E-state index in [9.17, 15) is 0 Å². The van der Waals surface area contributed by atoms with Crippen LogP contribution in [-0.4, -0.2) is 24.5 Å². The van der Waals surface area contributed by atoms with Crippen molar-refractivity contribution in [1.29, 1.82) is 0 Å². The molecule has 1 aliphatic carbocycles. The Bertz CT molecular complexity index is 376. The van der Waals surface area contributed by atoms with Crippen molar-refractivity contribution in [3.05, 3.63) is 35.9 Å². The van der Waals surface area contributed by atoms with E-state index in [1.54, 1.807) is 0 Å². The highest BCUT2D eigenvalue weighted by atomic mass is 15.1. The van der Waals surface area contributed by atoms with Gasteiger partial charge in [-0.1, -0.05) is 50.1 Å². The van der Waals surface area contributed by atoms with Crippen molar-refractivity contribution < 1.29 is 0 Å². The van der Waals surface area contributed by atoms with Crippen LogP contribution in [0.1, 0.15) is 57.1 Å². The molecule has 0 radical (unpaired) electrons. The molecule has 0 aliphatic heterocycles. The predicted octanol–water partition coefficient (Wildman–Crippen LogP) is 3.98. The van der Waals surface area contributed by atoms with Crippen molar-refractivity contribution >= 4 is 0 Å². The van der Waals surface area contributed by atoms with Crippen molar-refractivity contribution in [1.82, 2.24) is 4.90 Å². The number of nitrogens with two attached hydrogens (primary N) is 1. The van der Waals surface area contributed by atoms with Gasteiger partial charge in [0.15, 0.2) is 0 Å². The molecule has 1 fully saturated rings. The van der Waals surface area contributed by atoms with Crippen LogP contribution in [0.15, 0.2) is 30.3 Å². The van der Waals surface area contributed by atoms with Gasteiger partial charge in [-0.05, 0) is 50.8 Å². The second kappa shape index (κ2) is 7.80. The molecule has 2 nitrogen and oxygen atoms in total. The quantitative estimate of drug-likeness (QED) is 0.850. The van der Waals surface area contributed by atoms with E-state index in [4.69, 9.17) is 5.73 Å². The van der Waals surface area contributed by atoms with Gasteiger partial charge in [0, 0.05) is 12.1 Å². The summed E-state index contributed by atoms with van der Waals surface area (Å²) < 4.78 is 0. The Hall–Kier alpha value is -0.860. The van der Waals surface area contributed by atoms with Gasteiger partial charge in [0.2, 0.25) is 0 Å². The van der Waals surface area contributed by atoms with Gasteiger partial charge < -0.3 is 10.6 Å². The molecular weight excluding hydrogens is 244 g/mol. The molecule has 3 atom stereocenters. The van der Waals surface area contributed by atoms with E-state index < -0.39 is 0 Å². The van der Waals surface area contributed by atoms with Gasteiger partial charge >= 0.3 is 0 Å². The van der Waals surface area contributed by atoms with Crippen molar-refractivity contribution in [3.8, 4) is 0 Å². The van der Waals surface area contributed by atoms with Crippen LogP contribution in [0.4, 0.5) is 0 Å². The van der Waals surface area contributed by atoms with E-state index in [0.717, 1.165) is 18.4 Å². The van der Waals surface area contributed by atoms with Gasteiger partial charge in [-0.2, -0.15) is 0 Å². The van der Waals surface area contributed by atoms with Crippen molar-refractivity contribution in [2.24, 2.45) is 11.7 Å². The van der Waals surface area contributed by atoms with E-state index in [2.05, 4.69) is 43.1 Å². The van der Waals surface area contributed by atoms with Crippen LogP contribution < -0.4 is 5.73 Å². The molecule has 0 heterocycles. The first-order chi connectivity index (χ1) is 9.66. The maximum atomic E-state index is 6.26. The minimum atomic E-state index is 0.190. The van der Waals surface area contributed by atoms with Crippen LogP contribution in [-0.2, 0) is 0 Å². The van der Waals surface area contributed by atoms with Crippen LogP contribution in [0.5, 0.6) is 0 Å². The SMILES string of the molecule is CC1CCCC(N(C)CCCC(N)c2ccccc2)C1. The molecule has 1 aromatic carbocycles. The Morgan fingerprint density at radius 2 is 2.00 bits per heavy atom. The summed E-state index contributed by atoms with van der Waals surface area (Å²) in [6, 6.07) is 11.5. The molecular formula is C18H30N2. The minimum Gasteiger partial charge on any atom is -0.324 e. The second-order valence-electron chi connectivity index (χ2n) is 6.57. The maximum absolute atomic E-state index is 6.26. The Morgan fingerprint density at radius 1 is 1.25 bits per heavy atom. The molecule has 1 aromatic rings. The average Bonchev–Trinajstić information content (AvgIpc) is 2.48. The fourth-order valence-corrected chi connectivity index (χ4v) is 3.41. The lowest BCUT2D eigenvalue weighted by Gasteiger charge is -2.34. The molecule has 2 rings (SSSR count). The molecule has 2 heteroatoms. The summed E-state index contributed by atoms with van der Waals surface area (Å²) in [5.41, 5.74) is 7.53. The highest BCUT2D eigenvalue weighted by Gasteiger charge is 2.21. The van der Waals surface area contributed by atoms with Crippen LogP contribution in [0.3, 0.4) is 0 Å². The molecule has 0 saturated heterocycles. The van der Waals surface area contributed by atoms with Crippen molar-refractivity contribution in [2.75, 3.05) is 13.6 Å². The van der Waals surface area contributed by atoms with E-state index in [1.165, 1.54) is 44.2 Å². The van der Waals surface area contributed by atoms with Gasteiger partial charge in [0.05, 0.1) is 0 Å². The van der Waals surface area contributed by atoms with Gasteiger partial charge in [-0.25, -0.2) is 0 Å². The number of benzene rings is 1. The van der Waals surface area contributed by atoms with E-state index >= 15 is 0 Å². The number of rotatable bonds is 6. The summed E-state index contributed by atoms with van der Waals surface area (Å²) in [7, 11) is 2.29. The maximum Gasteiger partial charge on any atom is 0.0295 e. The summed E-state index contributed by atoms with van der Waals surface area (Å²) in [4.78, 5) is 2.56. The zero-order valence-electron chi connectivity index (χ0n) is 13.1. The molecule has 1 aliphatic rings. The van der Waals surface area contributed by atoms with Gasteiger partial charge in [0.1, 0.15) is 0 Å². The third-order valence-electron chi connectivity index (χ3n) is 4.79. The Kier molecular flexibility index (Phi) is 6.06. The summed E-state index contributed by atoms with van der Waals surface area (Å²) >= 11 is 0. The Labute approximate surface area is 124 Å². The average molecular weight is 274 g/mol. The molecule has 112 valence electrons. The third-order valence-corrected chi connectivity index (χ3v) is 4.79. The standard InChI is InChI=1S/C18H30N2/c1-15-8-6-11-17(14-15)20(2)13-7-12-18(19)16-9-4-3-5-10-16/h3-5,9-10,15,17-18H,6-8,11-14,19H2,1-2H3. The first-order valence-electron chi connectivity index (χ1n) is 8.17. The first kappa shape index (κ1) is 15.5. The second-order valence-corrected chi connectivity index (χ2v) is 6.57. The summed E-state index contributed by atoms with van der Waals surface area (Å²) in [6.45, 7) is 3.57. The van der Waals surface area contributed by atoms with Crippen LogP contribution in [0, 0.1) is 5.92 Å². The number of nitrogens with zero attached hydrogens (tertiary/aromatic N) is 1. The predicted molar refractivity (Wildman–Crippen MR) is 86.7 cm³/mol. The number of hydrogen-bond acceptors (Lipinski definition) is 2. The van der Waals surface area contributed by atoms with E-state index in [-0.39, 0.29) is 6.04 Å². The van der Waals surface area contributed by atoms with Gasteiger partial charge in [-0.3, -0.25) is 0 Å². The highest BCUT2D eigenvalue weighted by Crippen LogP contribution is 2.27. The van der Waals surface area contributed by atoms with Crippen LogP contribution in [0.25, 0.3) is 0 Å². The molecule has 3 unspecified atom stereocenters. The molecule has 0 bridgehead atoms. The topological polar surface area (TPSA) is 29.3 Å². The molecule has 1 saturated carbocycles. The normalized spacial score (nSPS) is 24.8. The lowest BCUT2D eigenvalue weighted by Crippen LogP contribution is -2.36. The van der Waals surface area contributed by atoms with Crippen molar-refractivity contribution in [3.63, 3.8) is 0 Å². The fourth-order valence-electron chi connectivity index (χ4n) is 3.41. The molecule has 20 heavy (non-hydrogen) atoms. The van der Waals surface area contributed by atoms with Crippen molar-refractivity contribution in [2.45, 2.75) is 57.5 Å². The summed E-state index contributed by atoms with van der Waals surface area (Å²) in [5.74, 6) is 0.905. The fraction of sp³-hybridized carbons (Fsp3) is 0.667. The van der Waals surface area contributed by atoms with E-state index in [0.29, 0.717) is 0 Å². The largest absolute Gasteiger partial charge is 0.324 e. The van der Waals surface area contributed by atoms with Gasteiger partial charge in [0.25, 0.3) is 0 Å². The molecule has 0 spiro atoms. The molecule has 2 N–H and O–H groups in total. The first-order valence-corrected chi connectivity index (χ1v) is 8.17. The highest BCUT2D eigenvalue weighted by molar-refractivity contribution is 5.18. The smallest absolute Gasteiger partial charge is 0.0295 e. The minimum absolute atomic E-state index is 0.190. The third kappa shape index (κ3) is 4.60. The summed E-state index contributed by atoms with van der Waals surface area (Å²) in [5, 5.41) is 0. The zero-order valence-corrected chi connectivity index (χ0v) is 13.1. The zero-order chi connectivity index (χ0) is 14.4.